The summed E-state index contributed by atoms with van der Waals surface area (Å²) in [7, 11) is 0.888. The van der Waals surface area contributed by atoms with Gasteiger partial charge in [0.05, 0.1) is 18.2 Å². The molecule has 0 amide bonds. The normalized spacial score (nSPS) is 10.9. The Labute approximate surface area is 135 Å². The molecular formula is C17H12F4O3. The maximum Gasteiger partial charge on any atom is 0.338 e. The van der Waals surface area contributed by atoms with E-state index in [1.54, 1.807) is 18.2 Å². The fourth-order valence-corrected chi connectivity index (χ4v) is 1.90. The molecule has 0 bridgehead atoms. The summed E-state index contributed by atoms with van der Waals surface area (Å²) in [5, 5.41) is 0. The summed E-state index contributed by atoms with van der Waals surface area (Å²) in [5.41, 5.74) is -0.633. The number of ether oxygens (including phenoxy) is 2. The van der Waals surface area contributed by atoms with E-state index in [1.165, 1.54) is 12.1 Å². The van der Waals surface area contributed by atoms with Crippen molar-refractivity contribution in [1.29, 1.82) is 0 Å². The highest BCUT2D eigenvalue weighted by Gasteiger charge is 2.24. The van der Waals surface area contributed by atoms with Crippen molar-refractivity contribution in [1.82, 2.24) is 0 Å². The van der Waals surface area contributed by atoms with Gasteiger partial charge in [-0.3, -0.25) is 0 Å². The number of esters is 1. The predicted octanol–water partition coefficient (Wildman–Crippen LogP) is 4.12. The first-order valence-corrected chi connectivity index (χ1v) is 6.76. The molecule has 7 heteroatoms. The van der Waals surface area contributed by atoms with Crippen LogP contribution in [0.1, 0.15) is 15.9 Å². The molecule has 3 nitrogen and oxygen atoms in total. The summed E-state index contributed by atoms with van der Waals surface area (Å²) >= 11 is 0. The summed E-state index contributed by atoms with van der Waals surface area (Å²) in [6.07, 6.45) is 1.85. The third-order valence-electron chi connectivity index (χ3n) is 3.07. The Balaban J connectivity index is 2.11. The summed E-state index contributed by atoms with van der Waals surface area (Å²) in [6.45, 7) is -0.331. The van der Waals surface area contributed by atoms with Crippen LogP contribution in [0.5, 0.6) is 5.75 Å². The van der Waals surface area contributed by atoms with E-state index in [4.69, 9.17) is 4.74 Å². The molecule has 0 spiro atoms. The molecule has 0 heterocycles. The minimum Gasteiger partial charge on any atom is -0.491 e. The standard InChI is InChI=1S/C17H12F4O3/c1-23-16-14(20)12(18)11(13(19)15(16)21)8-5-9-24-17(22)10-6-3-2-4-7-10/h2-8H,9H2,1H3/b8-5+. The van der Waals surface area contributed by atoms with Crippen LogP contribution in [0.2, 0.25) is 0 Å². The predicted molar refractivity (Wildman–Crippen MR) is 78.6 cm³/mol. The zero-order valence-corrected chi connectivity index (χ0v) is 12.5. The van der Waals surface area contributed by atoms with Crippen molar-refractivity contribution in [3.63, 3.8) is 0 Å². The molecule has 0 unspecified atom stereocenters. The van der Waals surface area contributed by atoms with Gasteiger partial charge < -0.3 is 9.47 Å². The zero-order chi connectivity index (χ0) is 17.7. The van der Waals surface area contributed by atoms with Crippen LogP contribution in [0.3, 0.4) is 0 Å². The average molecular weight is 340 g/mol. The van der Waals surface area contributed by atoms with Gasteiger partial charge in [-0.1, -0.05) is 18.2 Å². The van der Waals surface area contributed by atoms with Gasteiger partial charge in [0.1, 0.15) is 6.61 Å². The minimum atomic E-state index is -1.64. The van der Waals surface area contributed by atoms with E-state index < -0.39 is 40.6 Å². The smallest absolute Gasteiger partial charge is 0.338 e. The summed E-state index contributed by atoms with van der Waals surface area (Å²) in [6, 6.07) is 8.05. The van der Waals surface area contributed by atoms with E-state index in [-0.39, 0.29) is 6.61 Å². The highest BCUT2D eigenvalue weighted by atomic mass is 19.2. The molecule has 0 aliphatic heterocycles. The van der Waals surface area contributed by atoms with Crippen LogP contribution < -0.4 is 4.74 Å². The summed E-state index contributed by atoms with van der Waals surface area (Å²) in [4.78, 5) is 11.6. The Morgan fingerprint density at radius 3 is 2.12 bits per heavy atom. The van der Waals surface area contributed by atoms with Gasteiger partial charge in [0, 0.05) is 0 Å². The number of rotatable bonds is 5. The fraction of sp³-hybridized carbons (Fsp3) is 0.118. The highest BCUT2D eigenvalue weighted by Crippen LogP contribution is 2.30. The van der Waals surface area contributed by atoms with Crippen LogP contribution >= 0.6 is 0 Å². The van der Waals surface area contributed by atoms with Crippen LogP contribution in [-0.4, -0.2) is 19.7 Å². The van der Waals surface area contributed by atoms with E-state index in [1.807, 2.05) is 0 Å². The molecule has 0 aliphatic rings. The lowest BCUT2D eigenvalue weighted by atomic mass is 10.1. The Kier molecular flexibility index (Phi) is 5.57. The van der Waals surface area contributed by atoms with E-state index in [2.05, 4.69) is 4.74 Å². The number of hydrogen-bond donors (Lipinski definition) is 0. The second kappa shape index (κ2) is 7.63. The van der Waals surface area contributed by atoms with Gasteiger partial charge in [0.15, 0.2) is 17.4 Å². The molecule has 0 aromatic heterocycles. The Morgan fingerprint density at radius 2 is 1.58 bits per heavy atom. The first kappa shape index (κ1) is 17.5. The van der Waals surface area contributed by atoms with E-state index >= 15 is 0 Å². The molecule has 0 fully saturated rings. The van der Waals surface area contributed by atoms with Crippen LogP contribution in [-0.2, 0) is 4.74 Å². The number of carbonyl (C=O) groups excluding carboxylic acids is 1. The van der Waals surface area contributed by atoms with Crippen LogP contribution in [0.25, 0.3) is 6.08 Å². The van der Waals surface area contributed by atoms with E-state index in [9.17, 15) is 22.4 Å². The molecule has 2 rings (SSSR count). The van der Waals surface area contributed by atoms with E-state index in [0.29, 0.717) is 5.56 Å². The van der Waals surface area contributed by atoms with Crippen molar-refractivity contribution in [2.75, 3.05) is 13.7 Å². The summed E-state index contributed by atoms with van der Waals surface area (Å²) < 4.78 is 63.6. The monoisotopic (exact) mass is 340 g/mol. The molecule has 24 heavy (non-hydrogen) atoms. The quantitative estimate of drug-likeness (QED) is 0.467. The molecule has 126 valence electrons. The van der Waals surface area contributed by atoms with Crippen molar-refractivity contribution < 1.29 is 31.8 Å². The lowest BCUT2D eigenvalue weighted by molar-refractivity contribution is 0.0550. The van der Waals surface area contributed by atoms with Crippen molar-refractivity contribution in [3.05, 3.63) is 70.8 Å². The van der Waals surface area contributed by atoms with Crippen molar-refractivity contribution in [2.45, 2.75) is 0 Å². The number of hydrogen-bond acceptors (Lipinski definition) is 3. The lowest BCUT2D eigenvalue weighted by Gasteiger charge is -2.08. The third kappa shape index (κ3) is 3.56. The Morgan fingerprint density at radius 1 is 1.00 bits per heavy atom. The second-order valence-electron chi connectivity index (χ2n) is 4.57. The lowest BCUT2D eigenvalue weighted by Crippen LogP contribution is -2.05. The van der Waals surface area contributed by atoms with Crippen LogP contribution in [0.4, 0.5) is 17.6 Å². The first-order chi connectivity index (χ1) is 11.5. The SMILES string of the molecule is COc1c(F)c(F)c(/C=C/COC(=O)c2ccccc2)c(F)c1F. The Hall–Kier alpha value is -2.83. The average Bonchev–Trinajstić information content (AvgIpc) is 2.60. The Bertz CT molecular complexity index is 744. The van der Waals surface area contributed by atoms with Gasteiger partial charge in [-0.15, -0.1) is 0 Å². The number of carbonyl (C=O) groups is 1. The third-order valence-corrected chi connectivity index (χ3v) is 3.07. The molecule has 0 N–H and O–H groups in total. The second-order valence-corrected chi connectivity index (χ2v) is 4.57. The van der Waals surface area contributed by atoms with Gasteiger partial charge in [-0.25, -0.2) is 13.6 Å². The number of methoxy groups -OCH3 is 1. The molecule has 2 aromatic rings. The molecular weight excluding hydrogens is 328 g/mol. The number of benzene rings is 2. The molecule has 0 saturated heterocycles. The van der Waals surface area contributed by atoms with Crippen LogP contribution in [0, 0.1) is 23.3 Å². The molecule has 0 radical (unpaired) electrons. The zero-order valence-electron chi connectivity index (χ0n) is 12.5. The van der Waals surface area contributed by atoms with Crippen molar-refractivity contribution in [3.8, 4) is 5.75 Å². The van der Waals surface area contributed by atoms with Gasteiger partial charge in [0.2, 0.25) is 11.6 Å². The molecule has 2 aromatic carbocycles. The maximum absolute atomic E-state index is 13.7. The van der Waals surface area contributed by atoms with Crippen molar-refractivity contribution >= 4 is 12.0 Å². The van der Waals surface area contributed by atoms with Gasteiger partial charge in [-0.2, -0.15) is 8.78 Å². The molecule has 0 aliphatic carbocycles. The van der Waals surface area contributed by atoms with Crippen LogP contribution in [0.15, 0.2) is 36.4 Å². The van der Waals surface area contributed by atoms with Gasteiger partial charge in [0.25, 0.3) is 0 Å². The maximum atomic E-state index is 13.7. The first-order valence-electron chi connectivity index (χ1n) is 6.76. The van der Waals surface area contributed by atoms with Gasteiger partial charge in [-0.05, 0) is 24.3 Å². The molecule has 0 atom stereocenters. The highest BCUT2D eigenvalue weighted by molar-refractivity contribution is 5.89. The summed E-state index contributed by atoms with van der Waals surface area (Å²) in [5.74, 6) is -8.27. The minimum absolute atomic E-state index is 0.296. The van der Waals surface area contributed by atoms with Crippen molar-refractivity contribution in [2.24, 2.45) is 0 Å². The van der Waals surface area contributed by atoms with Gasteiger partial charge >= 0.3 is 5.97 Å². The van der Waals surface area contributed by atoms with E-state index in [0.717, 1.165) is 19.3 Å². The topological polar surface area (TPSA) is 35.5 Å². The molecule has 0 saturated carbocycles. The largest absolute Gasteiger partial charge is 0.491 e. The number of halogens is 4. The fourth-order valence-electron chi connectivity index (χ4n) is 1.90.